The summed E-state index contributed by atoms with van der Waals surface area (Å²) in [5.74, 6) is -0.124. The Morgan fingerprint density at radius 1 is 1.16 bits per heavy atom. The molecule has 3 rings (SSSR count). The van der Waals surface area contributed by atoms with Gasteiger partial charge in [0.1, 0.15) is 5.82 Å². The molecule has 7 heteroatoms. The van der Waals surface area contributed by atoms with Crippen molar-refractivity contribution in [2.45, 2.75) is 13.0 Å². The van der Waals surface area contributed by atoms with Gasteiger partial charge in [0.05, 0.1) is 6.54 Å². The molecule has 0 saturated carbocycles. The molecule has 2 aliphatic heterocycles. The number of carbonyl (C=O) groups is 2. The zero-order chi connectivity index (χ0) is 17.8. The van der Waals surface area contributed by atoms with Crippen LogP contribution >= 0.6 is 0 Å². The highest BCUT2D eigenvalue weighted by Gasteiger charge is 2.29. The van der Waals surface area contributed by atoms with Crippen LogP contribution in [-0.4, -0.2) is 78.9 Å². The van der Waals surface area contributed by atoms with E-state index in [9.17, 15) is 14.0 Å². The molecule has 2 aliphatic rings. The summed E-state index contributed by atoms with van der Waals surface area (Å²) in [6.45, 7) is 6.49. The van der Waals surface area contributed by atoms with Crippen LogP contribution in [0.3, 0.4) is 0 Å². The molecule has 2 fully saturated rings. The normalized spacial score (nSPS) is 22.1. The number of hydrogen-bond acceptors (Lipinski definition) is 4. The minimum atomic E-state index is -0.255. The van der Waals surface area contributed by atoms with E-state index in [1.54, 1.807) is 24.0 Å². The molecule has 1 unspecified atom stereocenters. The molecule has 2 saturated heterocycles. The number of carbonyl (C=O) groups excluding carboxylic acids is 2. The number of nitrogens with zero attached hydrogens (tertiary/aromatic N) is 3. The molecule has 136 valence electrons. The van der Waals surface area contributed by atoms with E-state index in [-0.39, 0.29) is 23.7 Å². The Hall–Kier alpha value is -1.99. The second-order valence-electron chi connectivity index (χ2n) is 6.63. The summed E-state index contributed by atoms with van der Waals surface area (Å²) in [7, 11) is 0. The summed E-state index contributed by atoms with van der Waals surface area (Å²) >= 11 is 0. The van der Waals surface area contributed by atoms with Gasteiger partial charge in [-0.25, -0.2) is 4.39 Å². The van der Waals surface area contributed by atoms with E-state index in [0.29, 0.717) is 39.3 Å². The van der Waals surface area contributed by atoms with Gasteiger partial charge in [-0.05, 0) is 17.7 Å². The van der Waals surface area contributed by atoms with Gasteiger partial charge in [-0.2, -0.15) is 0 Å². The van der Waals surface area contributed by atoms with Gasteiger partial charge in [0.2, 0.25) is 11.8 Å². The zero-order valence-corrected chi connectivity index (χ0v) is 14.6. The molecule has 6 nitrogen and oxygen atoms in total. The van der Waals surface area contributed by atoms with Crippen LogP contribution in [0, 0.1) is 5.82 Å². The Labute approximate surface area is 147 Å². The second-order valence-corrected chi connectivity index (χ2v) is 6.63. The van der Waals surface area contributed by atoms with E-state index >= 15 is 0 Å². The fourth-order valence-corrected chi connectivity index (χ4v) is 3.52. The van der Waals surface area contributed by atoms with E-state index in [2.05, 4.69) is 10.2 Å². The van der Waals surface area contributed by atoms with Crippen molar-refractivity contribution in [2.24, 2.45) is 0 Å². The van der Waals surface area contributed by atoms with Crippen LogP contribution in [0.2, 0.25) is 0 Å². The lowest BCUT2D eigenvalue weighted by atomic mass is 10.0. The zero-order valence-electron chi connectivity index (χ0n) is 14.6. The quantitative estimate of drug-likeness (QED) is 0.862. The third-order valence-corrected chi connectivity index (χ3v) is 5.00. The predicted molar refractivity (Wildman–Crippen MR) is 92.4 cm³/mol. The lowest BCUT2D eigenvalue weighted by Crippen LogP contribution is -2.54. The fourth-order valence-electron chi connectivity index (χ4n) is 3.52. The van der Waals surface area contributed by atoms with Gasteiger partial charge in [-0.15, -0.1) is 0 Å². The third kappa shape index (κ3) is 4.35. The monoisotopic (exact) mass is 348 g/mol. The average Bonchev–Trinajstić information content (AvgIpc) is 2.62. The third-order valence-electron chi connectivity index (χ3n) is 5.00. The van der Waals surface area contributed by atoms with E-state index < -0.39 is 0 Å². The first-order valence-corrected chi connectivity index (χ1v) is 8.78. The molecule has 0 aromatic heterocycles. The minimum absolute atomic E-state index is 0.00749. The highest BCUT2D eigenvalue weighted by molar-refractivity contribution is 5.79. The van der Waals surface area contributed by atoms with Crippen molar-refractivity contribution >= 4 is 11.8 Å². The predicted octanol–water partition coefficient (Wildman–Crippen LogP) is 0.463. The van der Waals surface area contributed by atoms with Gasteiger partial charge in [0.15, 0.2) is 0 Å². The van der Waals surface area contributed by atoms with Crippen LogP contribution in [0.25, 0.3) is 0 Å². The fraction of sp³-hybridized carbons (Fsp3) is 0.556. The Kier molecular flexibility index (Phi) is 5.65. The topological polar surface area (TPSA) is 55.9 Å². The van der Waals surface area contributed by atoms with Crippen LogP contribution in [0.1, 0.15) is 18.5 Å². The van der Waals surface area contributed by atoms with Crippen molar-refractivity contribution in [3.05, 3.63) is 35.6 Å². The van der Waals surface area contributed by atoms with Crippen molar-refractivity contribution in [3.8, 4) is 0 Å². The van der Waals surface area contributed by atoms with Crippen molar-refractivity contribution in [2.75, 3.05) is 52.4 Å². The smallest absolute Gasteiger partial charge is 0.236 e. The first-order chi connectivity index (χ1) is 12.0. The number of benzene rings is 1. The summed E-state index contributed by atoms with van der Waals surface area (Å²) in [5, 5.41) is 3.32. The molecule has 2 heterocycles. The maximum Gasteiger partial charge on any atom is 0.236 e. The Morgan fingerprint density at radius 3 is 2.56 bits per heavy atom. The molecule has 1 aromatic carbocycles. The summed E-state index contributed by atoms with van der Waals surface area (Å²) in [4.78, 5) is 29.8. The molecule has 0 bridgehead atoms. The molecule has 0 aliphatic carbocycles. The molecule has 0 radical (unpaired) electrons. The summed E-state index contributed by atoms with van der Waals surface area (Å²) < 4.78 is 13.6. The maximum atomic E-state index is 13.6. The lowest BCUT2D eigenvalue weighted by molar-refractivity contribution is -0.139. The van der Waals surface area contributed by atoms with Crippen LogP contribution in [0.5, 0.6) is 0 Å². The standard InChI is InChI=1S/C18H25FN4O2/c1-14(24)21-7-9-22(10-8-21)18(25)13-23-6-5-20-12-17(23)15-3-2-4-16(19)11-15/h2-4,11,17,20H,5-10,12-13H2,1H3. The average molecular weight is 348 g/mol. The Morgan fingerprint density at radius 2 is 1.88 bits per heavy atom. The van der Waals surface area contributed by atoms with Crippen LogP contribution < -0.4 is 5.32 Å². The summed E-state index contributed by atoms with van der Waals surface area (Å²) in [6, 6.07) is 6.58. The van der Waals surface area contributed by atoms with Crippen LogP contribution in [0.4, 0.5) is 4.39 Å². The summed E-state index contributed by atoms with van der Waals surface area (Å²) in [5.41, 5.74) is 0.890. The Balaban J connectivity index is 1.62. The lowest BCUT2D eigenvalue weighted by Gasteiger charge is -2.39. The number of piperazine rings is 2. The van der Waals surface area contributed by atoms with Gasteiger partial charge in [0, 0.05) is 58.8 Å². The van der Waals surface area contributed by atoms with Gasteiger partial charge in [-0.3, -0.25) is 14.5 Å². The van der Waals surface area contributed by atoms with Crippen LogP contribution in [-0.2, 0) is 9.59 Å². The van der Waals surface area contributed by atoms with Gasteiger partial charge < -0.3 is 15.1 Å². The van der Waals surface area contributed by atoms with Crippen molar-refractivity contribution in [1.29, 1.82) is 0 Å². The number of halogens is 1. The minimum Gasteiger partial charge on any atom is -0.339 e. The van der Waals surface area contributed by atoms with E-state index in [0.717, 1.165) is 18.7 Å². The molecule has 1 aromatic rings. The molecule has 1 atom stereocenters. The number of nitrogens with one attached hydrogen (secondary N) is 1. The van der Waals surface area contributed by atoms with Crippen LogP contribution in [0.15, 0.2) is 24.3 Å². The first kappa shape index (κ1) is 17.8. The highest BCUT2D eigenvalue weighted by Crippen LogP contribution is 2.23. The molecule has 0 spiro atoms. The van der Waals surface area contributed by atoms with E-state index in [1.165, 1.54) is 6.07 Å². The Bertz CT molecular complexity index is 631. The highest BCUT2D eigenvalue weighted by atomic mass is 19.1. The summed E-state index contributed by atoms with van der Waals surface area (Å²) in [6.07, 6.45) is 0. The van der Waals surface area contributed by atoms with Gasteiger partial charge in [-0.1, -0.05) is 12.1 Å². The number of hydrogen-bond donors (Lipinski definition) is 1. The van der Waals surface area contributed by atoms with Gasteiger partial charge in [0.25, 0.3) is 0 Å². The van der Waals surface area contributed by atoms with E-state index in [1.807, 2.05) is 11.0 Å². The maximum absolute atomic E-state index is 13.6. The van der Waals surface area contributed by atoms with Crippen molar-refractivity contribution < 1.29 is 14.0 Å². The van der Waals surface area contributed by atoms with Gasteiger partial charge >= 0.3 is 0 Å². The van der Waals surface area contributed by atoms with E-state index in [4.69, 9.17) is 0 Å². The van der Waals surface area contributed by atoms with Crippen molar-refractivity contribution in [3.63, 3.8) is 0 Å². The molecular weight excluding hydrogens is 323 g/mol. The van der Waals surface area contributed by atoms with Crippen molar-refractivity contribution in [1.82, 2.24) is 20.0 Å². The molecule has 25 heavy (non-hydrogen) atoms. The SMILES string of the molecule is CC(=O)N1CCN(C(=O)CN2CCNCC2c2cccc(F)c2)CC1. The first-order valence-electron chi connectivity index (χ1n) is 8.78. The number of rotatable bonds is 3. The largest absolute Gasteiger partial charge is 0.339 e. The molecule has 1 N–H and O–H groups in total. The second kappa shape index (κ2) is 7.93. The molecular formula is C18H25FN4O2. The molecule has 2 amide bonds. The number of amides is 2.